The zero-order valence-electron chi connectivity index (χ0n) is 9.74. The molecule has 0 aromatic carbocycles. The van der Waals surface area contributed by atoms with Crippen LogP contribution in [0.15, 0.2) is 5.16 Å². The van der Waals surface area contributed by atoms with E-state index < -0.39 is 12.1 Å². The lowest BCUT2D eigenvalue weighted by Crippen LogP contribution is -2.44. The topological polar surface area (TPSA) is 61.8 Å². The lowest BCUT2D eigenvalue weighted by atomic mass is 9.96. The highest BCUT2D eigenvalue weighted by molar-refractivity contribution is 5.82. The van der Waals surface area contributed by atoms with Crippen molar-refractivity contribution in [2.45, 2.75) is 25.9 Å². The number of hydrogen-bond acceptors (Lipinski definition) is 3. The van der Waals surface area contributed by atoms with Crippen LogP contribution in [-0.4, -0.2) is 41.8 Å². The third-order valence-electron chi connectivity index (χ3n) is 3.12. The second kappa shape index (κ2) is 5.57. The van der Waals surface area contributed by atoms with Gasteiger partial charge in [-0.2, -0.15) is 13.2 Å². The van der Waals surface area contributed by atoms with Crippen LogP contribution in [-0.2, 0) is 0 Å². The Morgan fingerprint density at radius 1 is 1.59 bits per heavy atom. The highest BCUT2D eigenvalue weighted by Gasteiger charge is 2.41. The van der Waals surface area contributed by atoms with E-state index in [1.807, 2.05) is 0 Å². The van der Waals surface area contributed by atoms with Crippen molar-refractivity contribution in [3.63, 3.8) is 0 Å². The minimum Gasteiger partial charge on any atom is -0.409 e. The van der Waals surface area contributed by atoms with Crippen LogP contribution in [0.4, 0.5) is 13.2 Å². The highest BCUT2D eigenvalue weighted by Crippen LogP contribution is 2.33. The molecule has 0 saturated carbocycles. The summed E-state index contributed by atoms with van der Waals surface area (Å²) in [7, 11) is 0. The van der Waals surface area contributed by atoms with Gasteiger partial charge in [0.1, 0.15) is 5.84 Å². The molecule has 1 rings (SSSR count). The van der Waals surface area contributed by atoms with Crippen LogP contribution in [0.1, 0.15) is 19.8 Å². The van der Waals surface area contributed by atoms with Crippen molar-refractivity contribution in [3.05, 3.63) is 0 Å². The molecule has 0 spiro atoms. The minimum atomic E-state index is -4.13. The van der Waals surface area contributed by atoms with E-state index >= 15 is 0 Å². The van der Waals surface area contributed by atoms with Gasteiger partial charge in [-0.3, -0.25) is 0 Å². The summed E-state index contributed by atoms with van der Waals surface area (Å²) in [4.78, 5) is 1.73. The predicted molar refractivity (Wildman–Crippen MR) is 57.8 cm³/mol. The molecular formula is C10H18F3N3O. The minimum absolute atomic E-state index is 0.00650. The van der Waals surface area contributed by atoms with Crippen LogP contribution < -0.4 is 5.73 Å². The highest BCUT2D eigenvalue weighted by atomic mass is 19.4. The number of likely N-dealkylation sites (tertiary alicyclic amines) is 1. The average molecular weight is 253 g/mol. The molecule has 7 heteroatoms. The molecule has 1 heterocycles. The van der Waals surface area contributed by atoms with Crippen LogP contribution in [0.5, 0.6) is 0 Å². The van der Waals surface area contributed by atoms with E-state index in [0.717, 1.165) is 0 Å². The molecule has 0 radical (unpaired) electrons. The number of nitrogens with zero attached hydrogens (tertiary/aromatic N) is 2. The van der Waals surface area contributed by atoms with Gasteiger partial charge in [-0.1, -0.05) is 12.1 Å². The van der Waals surface area contributed by atoms with Crippen molar-refractivity contribution in [2.24, 2.45) is 22.7 Å². The Kier molecular flexibility index (Phi) is 4.62. The Hall–Kier alpha value is -0.980. The van der Waals surface area contributed by atoms with Gasteiger partial charge in [0, 0.05) is 19.0 Å². The summed E-state index contributed by atoms with van der Waals surface area (Å²) in [6, 6.07) is 0. The molecule has 2 atom stereocenters. The number of nitrogens with two attached hydrogens (primary N) is 1. The molecule has 0 aromatic rings. The summed E-state index contributed by atoms with van der Waals surface area (Å²) in [6.07, 6.45) is -3.40. The molecule has 1 aliphatic rings. The molecule has 0 aliphatic carbocycles. The lowest BCUT2D eigenvalue weighted by Gasteiger charge is -2.34. The maximum absolute atomic E-state index is 12.6. The molecule has 2 unspecified atom stereocenters. The quantitative estimate of drug-likeness (QED) is 0.348. The van der Waals surface area contributed by atoms with Crippen molar-refractivity contribution < 1.29 is 18.4 Å². The van der Waals surface area contributed by atoms with E-state index in [4.69, 9.17) is 10.9 Å². The first kappa shape index (κ1) is 14.1. The molecule has 100 valence electrons. The maximum atomic E-state index is 12.6. The Labute approximate surface area is 98.3 Å². The summed E-state index contributed by atoms with van der Waals surface area (Å²) in [5, 5.41) is 11.3. The molecular weight excluding hydrogens is 235 g/mol. The second-order valence-electron chi connectivity index (χ2n) is 4.57. The number of hydrogen-bond donors (Lipinski definition) is 2. The van der Waals surface area contributed by atoms with Gasteiger partial charge >= 0.3 is 6.18 Å². The number of oxime groups is 1. The monoisotopic (exact) mass is 253 g/mol. The average Bonchev–Trinajstić information content (AvgIpc) is 2.27. The van der Waals surface area contributed by atoms with Crippen molar-refractivity contribution in [1.29, 1.82) is 0 Å². The molecule has 1 aliphatic heterocycles. The normalized spacial score (nSPS) is 25.9. The summed E-state index contributed by atoms with van der Waals surface area (Å²) < 4.78 is 37.7. The van der Waals surface area contributed by atoms with Crippen molar-refractivity contribution >= 4 is 5.84 Å². The van der Waals surface area contributed by atoms with E-state index in [2.05, 4.69) is 5.16 Å². The Balaban J connectivity index is 2.50. The molecule has 0 aromatic heterocycles. The number of amidine groups is 1. The SMILES string of the molecule is CC(CN1CCCC(C(F)(F)F)C1)C(N)=NO. The number of piperidine rings is 1. The molecule has 1 saturated heterocycles. The number of alkyl halides is 3. The van der Waals surface area contributed by atoms with E-state index in [9.17, 15) is 13.2 Å². The van der Waals surface area contributed by atoms with Gasteiger partial charge in [0.2, 0.25) is 0 Å². The van der Waals surface area contributed by atoms with Gasteiger partial charge < -0.3 is 15.8 Å². The Morgan fingerprint density at radius 2 is 2.24 bits per heavy atom. The number of halogens is 3. The van der Waals surface area contributed by atoms with Gasteiger partial charge in [-0.25, -0.2) is 0 Å². The fourth-order valence-electron chi connectivity index (χ4n) is 2.07. The fourth-order valence-corrected chi connectivity index (χ4v) is 2.07. The Morgan fingerprint density at radius 3 is 2.76 bits per heavy atom. The van der Waals surface area contributed by atoms with Crippen molar-refractivity contribution in [2.75, 3.05) is 19.6 Å². The first-order chi connectivity index (χ1) is 7.84. The van der Waals surface area contributed by atoms with E-state index in [0.29, 0.717) is 19.5 Å². The van der Waals surface area contributed by atoms with Gasteiger partial charge in [0.05, 0.1) is 5.92 Å². The van der Waals surface area contributed by atoms with Gasteiger partial charge in [0.25, 0.3) is 0 Å². The largest absolute Gasteiger partial charge is 0.409 e. The third-order valence-corrected chi connectivity index (χ3v) is 3.12. The fraction of sp³-hybridized carbons (Fsp3) is 0.900. The maximum Gasteiger partial charge on any atom is 0.393 e. The molecule has 1 fully saturated rings. The first-order valence-corrected chi connectivity index (χ1v) is 5.61. The van der Waals surface area contributed by atoms with Gasteiger partial charge in [0.15, 0.2) is 0 Å². The molecule has 0 bridgehead atoms. The predicted octanol–water partition coefficient (Wildman–Crippen LogP) is 1.64. The smallest absolute Gasteiger partial charge is 0.393 e. The van der Waals surface area contributed by atoms with Crippen molar-refractivity contribution in [3.8, 4) is 0 Å². The second-order valence-corrected chi connectivity index (χ2v) is 4.57. The third kappa shape index (κ3) is 4.07. The zero-order chi connectivity index (χ0) is 13.1. The zero-order valence-corrected chi connectivity index (χ0v) is 9.74. The van der Waals surface area contributed by atoms with Crippen LogP contribution in [0.25, 0.3) is 0 Å². The molecule has 17 heavy (non-hydrogen) atoms. The van der Waals surface area contributed by atoms with E-state index in [1.54, 1.807) is 11.8 Å². The van der Waals surface area contributed by atoms with Crippen molar-refractivity contribution in [1.82, 2.24) is 4.90 Å². The van der Waals surface area contributed by atoms with Gasteiger partial charge in [-0.15, -0.1) is 0 Å². The molecule has 3 N–H and O–H groups in total. The van der Waals surface area contributed by atoms with Crippen LogP contribution in [0.3, 0.4) is 0 Å². The molecule has 0 amide bonds. The lowest BCUT2D eigenvalue weighted by molar-refractivity contribution is -0.186. The van der Waals surface area contributed by atoms with E-state index in [1.165, 1.54) is 0 Å². The number of rotatable bonds is 3. The Bertz CT molecular complexity index is 280. The first-order valence-electron chi connectivity index (χ1n) is 5.61. The van der Waals surface area contributed by atoms with Gasteiger partial charge in [-0.05, 0) is 19.4 Å². The van der Waals surface area contributed by atoms with Crippen LogP contribution >= 0.6 is 0 Å². The van der Waals surface area contributed by atoms with Crippen LogP contribution in [0.2, 0.25) is 0 Å². The molecule has 4 nitrogen and oxygen atoms in total. The summed E-state index contributed by atoms with van der Waals surface area (Å²) in [5.74, 6) is -1.44. The standard InChI is InChI=1S/C10H18F3N3O/c1-7(9(14)15-17)5-16-4-2-3-8(6-16)10(11,12)13/h7-8,17H,2-6H2,1H3,(H2,14,15). The van der Waals surface area contributed by atoms with Crippen LogP contribution in [0, 0.1) is 11.8 Å². The summed E-state index contributed by atoms with van der Waals surface area (Å²) in [5.41, 5.74) is 5.41. The summed E-state index contributed by atoms with van der Waals surface area (Å²) in [6.45, 7) is 2.76. The van der Waals surface area contributed by atoms with E-state index in [-0.39, 0.29) is 24.7 Å². The summed E-state index contributed by atoms with van der Waals surface area (Å²) >= 11 is 0.